The minimum atomic E-state index is 0.547. The largest absolute Gasteiger partial charge is 0.350 e. The van der Waals surface area contributed by atoms with Gasteiger partial charge in [-0.15, -0.1) is 0 Å². The predicted molar refractivity (Wildman–Crippen MR) is 110 cm³/mol. The smallest absolute Gasteiger partial charge is 0.227 e. The van der Waals surface area contributed by atoms with Crippen molar-refractivity contribution in [3.63, 3.8) is 0 Å². The summed E-state index contributed by atoms with van der Waals surface area (Å²) in [5, 5.41) is 7.27. The summed E-state index contributed by atoms with van der Waals surface area (Å²) >= 11 is 6.10. The highest BCUT2D eigenvalue weighted by Gasteiger charge is 2.13. The van der Waals surface area contributed by atoms with E-state index >= 15 is 0 Å². The Morgan fingerprint density at radius 1 is 1.04 bits per heavy atom. The molecule has 0 radical (unpaired) electrons. The van der Waals surface area contributed by atoms with Crippen LogP contribution in [0, 0.1) is 0 Å². The number of aromatic nitrogens is 4. The van der Waals surface area contributed by atoms with Gasteiger partial charge in [0.1, 0.15) is 0 Å². The van der Waals surface area contributed by atoms with Crippen molar-refractivity contribution < 1.29 is 0 Å². The van der Waals surface area contributed by atoms with Crippen LogP contribution in [0.5, 0.6) is 0 Å². The van der Waals surface area contributed by atoms with Gasteiger partial charge in [-0.3, -0.25) is 0 Å². The van der Waals surface area contributed by atoms with Gasteiger partial charge in [0.15, 0.2) is 17.0 Å². The monoisotopic (exact) mass is 378 g/mol. The Morgan fingerprint density at radius 2 is 1.89 bits per heavy atom. The van der Waals surface area contributed by atoms with E-state index in [0.717, 1.165) is 29.0 Å². The molecule has 2 aromatic heterocycles. The number of anilines is 3. The fraction of sp³-hybridized carbons (Fsp3) is 0.150. The number of hydrogen-bond donors (Lipinski definition) is 2. The van der Waals surface area contributed by atoms with Crippen LogP contribution in [-0.4, -0.2) is 19.5 Å². The Bertz CT molecular complexity index is 1060. The zero-order valence-corrected chi connectivity index (χ0v) is 15.6. The molecular formula is C20H19ClN6. The molecule has 0 saturated carbocycles. The van der Waals surface area contributed by atoms with Crippen molar-refractivity contribution in [2.24, 2.45) is 0 Å². The lowest BCUT2D eigenvalue weighted by atomic mass is 10.2. The van der Waals surface area contributed by atoms with Crippen molar-refractivity contribution in [1.82, 2.24) is 19.5 Å². The molecule has 7 heteroatoms. The quantitative estimate of drug-likeness (QED) is 0.501. The summed E-state index contributed by atoms with van der Waals surface area (Å²) in [6.45, 7) is 3.48. The molecule has 0 saturated heterocycles. The molecule has 4 aromatic rings. The molecule has 0 spiro atoms. The van der Waals surface area contributed by atoms with Crippen LogP contribution in [0.1, 0.15) is 12.5 Å². The number of halogens is 1. The molecule has 2 aromatic carbocycles. The van der Waals surface area contributed by atoms with Gasteiger partial charge in [-0.05, 0) is 30.7 Å². The van der Waals surface area contributed by atoms with Crippen LogP contribution >= 0.6 is 11.6 Å². The second-order valence-corrected chi connectivity index (χ2v) is 6.51. The molecule has 136 valence electrons. The van der Waals surface area contributed by atoms with E-state index in [9.17, 15) is 0 Å². The van der Waals surface area contributed by atoms with Crippen LogP contribution in [-0.2, 0) is 13.1 Å². The molecule has 6 nitrogen and oxygen atoms in total. The Balaban J connectivity index is 1.69. The van der Waals surface area contributed by atoms with Crippen LogP contribution in [0.25, 0.3) is 11.2 Å². The highest BCUT2D eigenvalue weighted by Crippen LogP contribution is 2.25. The maximum Gasteiger partial charge on any atom is 0.227 e. The van der Waals surface area contributed by atoms with Crippen LogP contribution in [0.15, 0.2) is 60.9 Å². The molecule has 0 aliphatic heterocycles. The molecule has 0 unspecified atom stereocenters. The number of rotatable bonds is 6. The van der Waals surface area contributed by atoms with Crippen molar-refractivity contribution in [3.05, 3.63) is 71.5 Å². The maximum atomic E-state index is 6.10. The number of fused-ring (bicyclic) bond motifs is 1. The van der Waals surface area contributed by atoms with Crippen molar-refractivity contribution >= 4 is 40.2 Å². The first-order valence-corrected chi connectivity index (χ1v) is 9.14. The third-order valence-electron chi connectivity index (χ3n) is 4.19. The number of nitrogens with zero attached hydrogens (tertiary/aromatic N) is 4. The molecule has 0 amide bonds. The third kappa shape index (κ3) is 3.85. The van der Waals surface area contributed by atoms with Gasteiger partial charge in [-0.25, -0.2) is 4.98 Å². The van der Waals surface area contributed by atoms with Gasteiger partial charge in [-0.2, -0.15) is 9.97 Å². The Morgan fingerprint density at radius 3 is 2.67 bits per heavy atom. The normalized spacial score (nSPS) is 10.9. The summed E-state index contributed by atoms with van der Waals surface area (Å²) in [6.07, 6.45) is 1.78. The van der Waals surface area contributed by atoms with Crippen LogP contribution in [0.3, 0.4) is 0 Å². The SMILES string of the molecule is CCn1cnc2c(Nc3cccc(Cl)c3)nc(NCc3ccccc3)nc21. The van der Waals surface area contributed by atoms with Gasteiger partial charge in [-0.1, -0.05) is 48.0 Å². The van der Waals surface area contributed by atoms with E-state index in [0.29, 0.717) is 23.3 Å². The first kappa shape index (κ1) is 17.3. The molecule has 27 heavy (non-hydrogen) atoms. The van der Waals surface area contributed by atoms with Gasteiger partial charge >= 0.3 is 0 Å². The Labute approximate surface area is 162 Å². The van der Waals surface area contributed by atoms with Gasteiger partial charge in [0.2, 0.25) is 5.95 Å². The van der Waals surface area contributed by atoms with Gasteiger partial charge < -0.3 is 15.2 Å². The summed E-state index contributed by atoms with van der Waals surface area (Å²) in [6, 6.07) is 17.7. The Hall–Kier alpha value is -3.12. The highest BCUT2D eigenvalue weighted by molar-refractivity contribution is 6.30. The number of aryl methyl sites for hydroxylation is 1. The van der Waals surface area contributed by atoms with Crippen molar-refractivity contribution in [2.75, 3.05) is 10.6 Å². The molecule has 2 heterocycles. The fourth-order valence-corrected chi connectivity index (χ4v) is 3.01. The zero-order chi connectivity index (χ0) is 18.6. The lowest BCUT2D eigenvalue weighted by molar-refractivity contribution is 0.777. The summed E-state index contributed by atoms with van der Waals surface area (Å²) in [4.78, 5) is 13.8. The van der Waals surface area contributed by atoms with E-state index in [4.69, 9.17) is 11.6 Å². The lowest BCUT2D eigenvalue weighted by Crippen LogP contribution is -2.07. The first-order chi connectivity index (χ1) is 13.2. The summed E-state index contributed by atoms with van der Waals surface area (Å²) in [7, 11) is 0. The van der Waals surface area contributed by atoms with Crippen molar-refractivity contribution in [1.29, 1.82) is 0 Å². The first-order valence-electron chi connectivity index (χ1n) is 8.76. The molecule has 2 N–H and O–H groups in total. The standard InChI is InChI=1S/C20H19ClN6/c1-2-27-13-23-17-18(24-16-10-6-9-15(21)11-16)25-20(26-19(17)27)22-12-14-7-4-3-5-8-14/h3-11,13H,2,12H2,1H3,(H2,22,24,25,26). The van der Waals surface area contributed by atoms with E-state index in [2.05, 4.69) is 44.6 Å². The molecule has 0 bridgehead atoms. The van der Waals surface area contributed by atoms with E-state index in [1.165, 1.54) is 0 Å². The lowest BCUT2D eigenvalue weighted by Gasteiger charge is -2.11. The average molecular weight is 379 g/mol. The summed E-state index contributed by atoms with van der Waals surface area (Å²) in [5.74, 6) is 1.19. The minimum absolute atomic E-state index is 0.547. The number of benzene rings is 2. The van der Waals surface area contributed by atoms with Gasteiger partial charge in [0.05, 0.1) is 6.33 Å². The summed E-state index contributed by atoms with van der Waals surface area (Å²) in [5.41, 5.74) is 3.52. The molecule has 0 fully saturated rings. The third-order valence-corrected chi connectivity index (χ3v) is 4.42. The highest BCUT2D eigenvalue weighted by atomic mass is 35.5. The van der Waals surface area contributed by atoms with E-state index in [1.807, 2.05) is 47.0 Å². The molecule has 4 rings (SSSR count). The molecular weight excluding hydrogens is 360 g/mol. The van der Waals surface area contributed by atoms with Crippen LogP contribution < -0.4 is 10.6 Å². The Kier molecular flexibility index (Phi) is 4.89. The average Bonchev–Trinajstić information content (AvgIpc) is 3.10. The van der Waals surface area contributed by atoms with Crippen LogP contribution in [0.2, 0.25) is 5.02 Å². The van der Waals surface area contributed by atoms with Gasteiger partial charge in [0, 0.05) is 23.8 Å². The van der Waals surface area contributed by atoms with Crippen molar-refractivity contribution in [2.45, 2.75) is 20.0 Å². The van der Waals surface area contributed by atoms with Crippen LogP contribution in [0.4, 0.5) is 17.5 Å². The fourth-order valence-electron chi connectivity index (χ4n) is 2.82. The maximum absolute atomic E-state index is 6.10. The van der Waals surface area contributed by atoms with E-state index in [-0.39, 0.29) is 0 Å². The minimum Gasteiger partial charge on any atom is -0.350 e. The number of hydrogen-bond acceptors (Lipinski definition) is 5. The van der Waals surface area contributed by atoms with Gasteiger partial charge in [0.25, 0.3) is 0 Å². The topological polar surface area (TPSA) is 67.7 Å². The second-order valence-electron chi connectivity index (χ2n) is 6.07. The summed E-state index contributed by atoms with van der Waals surface area (Å²) < 4.78 is 1.99. The molecule has 0 atom stereocenters. The second kappa shape index (κ2) is 7.63. The molecule has 0 aliphatic rings. The van der Waals surface area contributed by atoms with E-state index in [1.54, 1.807) is 6.33 Å². The van der Waals surface area contributed by atoms with E-state index < -0.39 is 0 Å². The molecule has 0 aliphatic carbocycles. The van der Waals surface area contributed by atoms with Crippen molar-refractivity contribution in [3.8, 4) is 0 Å². The zero-order valence-electron chi connectivity index (χ0n) is 14.9. The number of imidazole rings is 1. The predicted octanol–water partition coefficient (Wildman–Crippen LogP) is 4.86. The number of nitrogens with one attached hydrogen (secondary N) is 2.